The van der Waals surface area contributed by atoms with E-state index in [1.807, 2.05) is 18.0 Å². The van der Waals surface area contributed by atoms with Crippen molar-refractivity contribution in [3.05, 3.63) is 12.3 Å². The Balaban J connectivity index is 1.65. The van der Waals surface area contributed by atoms with E-state index < -0.39 is 0 Å². The smallest absolute Gasteiger partial charge is 0.124 e. The lowest BCUT2D eigenvalue weighted by Crippen LogP contribution is -2.34. The van der Waals surface area contributed by atoms with E-state index in [0.717, 1.165) is 12.5 Å². The van der Waals surface area contributed by atoms with Gasteiger partial charge in [-0.2, -0.15) is 16.9 Å². The summed E-state index contributed by atoms with van der Waals surface area (Å²) in [7, 11) is 0. The summed E-state index contributed by atoms with van der Waals surface area (Å²) in [5.41, 5.74) is 0. The molecule has 0 aromatic carbocycles. The van der Waals surface area contributed by atoms with Gasteiger partial charge in [0.15, 0.2) is 0 Å². The van der Waals surface area contributed by atoms with Gasteiger partial charge >= 0.3 is 0 Å². The van der Waals surface area contributed by atoms with Crippen molar-refractivity contribution in [1.29, 1.82) is 0 Å². The maximum atomic E-state index is 4.36. The first kappa shape index (κ1) is 8.65. The zero-order chi connectivity index (χ0) is 9.38. The Morgan fingerprint density at radius 2 is 2.36 bits per heavy atom. The molecule has 0 spiro atoms. The average Bonchev–Trinajstić information content (AvgIpc) is 2.79. The molecular formula is C10H15N3S. The Kier molecular flexibility index (Phi) is 2.16. The highest BCUT2D eigenvalue weighted by Gasteiger charge is 2.24. The van der Waals surface area contributed by atoms with Crippen molar-refractivity contribution in [2.45, 2.75) is 25.4 Å². The zero-order valence-corrected chi connectivity index (χ0v) is 8.96. The third-order valence-corrected chi connectivity index (χ3v) is 4.11. The maximum Gasteiger partial charge on any atom is 0.124 e. The largest absolute Gasteiger partial charge is 0.366 e. The molecule has 0 unspecified atom stereocenters. The van der Waals surface area contributed by atoms with Gasteiger partial charge in [-0.25, -0.2) is 4.68 Å². The molecule has 14 heavy (non-hydrogen) atoms. The summed E-state index contributed by atoms with van der Waals surface area (Å²) in [5.74, 6) is 4.59. The van der Waals surface area contributed by atoms with Crippen LogP contribution < -0.4 is 5.32 Å². The van der Waals surface area contributed by atoms with Crippen LogP contribution in [0.5, 0.6) is 0 Å². The van der Waals surface area contributed by atoms with Crippen molar-refractivity contribution < 1.29 is 0 Å². The minimum Gasteiger partial charge on any atom is -0.366 e. The number of hydrogen-bond donors (Lipinski definition) is 1. The molecule has 76 valence electrons. The predicted molar refractivity (Wildman–Crippen MR) is 59.7 cm³/mol. The van der Waals surface area contributed by atoms with Gasteiger partial charge in [-0.15, -0.1) is 0 Å². The lowest BCUT2D eigenvalue weighted by Gasteiger charge is -2.27. The van der Waals surface area contributed by atoms with Gasteiger partial charge in [-0.3, -0.25) is 0 Å². The second-order valence-corrected chi connectivity index (χ2v) is 5.30. The van der Waals surface area contributed by atoms with Crippen molar-refractivity contribution in [2.75, 3.05) is 16.8 Å². The van der Waals surface area contributed by atoms with E-state index in [1.54, 1.807) is 0 Å². The molecular weight excluding hydrogens is 194 g/mol. The van der Waals surface area contributed by atoms with Gasteiger partial charge in [0.2, 0.25) is 0 Å². The normalized spacial score (nSPS) is 22.0. The minimum absolute atomic E-state index is 0.676. The molecule has 4 heteroatoms. The average molecular weight is 209 g/mol. The van der Waals surface area contributed by atoms with Crippen LogP contribution in [0.4, 0.5) is 5.82 Å². The van der Waals surface area contributed by atoms with E-state index in [1.165, 1.54) is 30.2 Å². The van der Waals surface area contributed by atoms with E-state index in [9.17, 15) is 0 Å². The Morgan fingerprint density at radius 1 is 1.50 bits per heavy atom. The van der Waals surface area contributed by atoms with Gasteiger partial charge in [0.25, 0.3) is 0 Å². The fraction of sp³-hybridized carbons (Fsp3) is 0.700. The van der Waals surface area contributed by atoms with Gasteiger partial charge in [-0.1, -0.05) is 0 Å². The molecule has 2 heterocycles. The van der Waals surface area contributed by atoms with Crippen LogP contribution in [0, 0.1) is 5.92 Å². The first-order valence-electron chi connectivity index (χ1n) is 5.28. The fourth-order valence-corrected chi connectivity index (χ4v) is 2.31. The van der Waals surface area contributed by atoms with Gasteiger partial charge in [0.1, 0.15) is 5.82 Å². The molecule has 0 radical (unpaired) electrons. The van der Waals surface area contributed by atoms with E-state index in [0.29, 0.717) is 6.04 Å². The molecule has 2 fully saturated rings. The molecule has 0 bridgehead atoms. The molecule has 3 rings (SSSR count). The lowest BCUT2D eigenvalue weighted by atomic mass is 10.3. The molecule has 1 N–H and O–H groups in total. The lowest BCUT2D eigenvalue weighted by molar-refractivity contribution is 0.565. The fourth-order valence-electron chi connectivity index (χ4n) is 1.67. The Hall–Kier alpha value is -0.640. The topological polar surface area (TPSA) is 29.9 Å². The monoisotopic (exact) mass is 209 g/mol. The van der Waals surface area contributed by atoms with Crippen LogP contribution in [-0.2, 0) is 6.54 Å². The standard InChI is InChI=1S/C10H15N3S/c1-2-8(1)5-13-10(3-4-11-13)12-9-6-14-7-9/h3-4,8-9,12H,1-2,5-7H2. The van der Waals surface area contributed by atoms with Crippen molar-refractivity contribution in [2.24, 2.45) is 5.92 Å². The van der Waals surface area contributed by atoms with Crippen molar-refractivity contribution >= 4 is 17.6 Å². The highest BCUT2D eigenvalue weighted by molar-refractivity contribution is 8.00. The third kappa shape index (κ3) is 1.75. The van der Waals surface area contributed by atoms with Crippen molar-refractivity contribution in [3.8, 4) is 0 Å². The second kappa shape index (κ2) is 3.50. The molecule has 3 nitrogen and oxygen atoms in total. The van der Waals surface area contributed by atoms with Gasteiger partial charge in [0, 0.05) is 30.2 Å². The van der Waals surface area contributed by atoms with E-state index in [-0.39, 0.29) is 0 Å². The summed E-state index contributed by atoms with van der Waals surface area (Å²) in [6.45, 7) is 1.11. The van der Waals surface area contributed by atoms with E-state index in [4.69, 9.17) is 0 Å². The summed E-state index contributed by atoms with van der Waals surface area (Å²) in [4.78, 5) is 0. The van der Waals surface area contributed by atoms with Crippen LogP contribution in [0.25, 0.3) is 0 Å². The molecule has 1 aromatic rings. The molecule has 0 amide bonds. The Labute approximate surface area is 88.3 Å². The quantitative estimate of drug-likeness (QED) is 0.820. The number of anilines is 1. The molecule has 1 aliphatic heterocycles. The van der Waals surface area contributed by atoms with Crippen molar-refractivity contribution in [3.63, 3.8) is 0 Å². The van der Waals surface area contributed by atoms with Crippen LogP contribution >= 0.6 is 11.8 Å². The predicted octanol–water partition coefficient (Wildman–Crippen LogP) is 1.82. The number of nitrogens with one attached hydrogen (secondary N) is 1. The molecule has 1 saturated heterocycles. The zero-order valence-electron chi connectivity index (χ0n) is 8.15. The number of nitrogens with zero attached hydrogens (tertiary/aromatic N) is 2. The van der Waals surface area contributed by atoms with Crippen LogP contribution in [0.3, 0.4) is 0 Å². The highest BCUT2D eigenvalue weighted by Crippen LogP contribution is 2.31. The molecule has 0 atom stereocenters. The summed E-state index contributed by atoms with van der Waals surface area (Å²) >= 11 is 2.01. The van der Waals surface area contributed by atoms with Crippen LogP contribution in [-0.4, -0.2) is 27.3 Å². The Morgan fingerprint density at radius 3 is 3.00 bits per heavy atom. The highest BCUT2D eigenvalue weighted by atomic mass is 32.2. The summed E-state index contributed by atoms with van der Waals surface area (Å²) in [6.07, 6.45) is 4.67. The first-order valence-corrected chi connectivity index (χ1v) is 6.43. The number of rotatable bonds is 4. The third-order valence-electron chi connectivity index (χ3n) is 2.83. The summed E-state index contributed by atoms with van der Waals surface area (Å²) in [5, 5.41) is 7.89. The summed E-state index contributed by atoms with van der Waals surface area (Å²) < 4.78 is 2.13. The first-order chi connectivity index (χ1) is 6.92. The summed E-state index contributed by atoms with van der Waals surface area (Å²) in [6, 6.07) is 2.76. The number of hydrogen-bond acceptors (Lipinski definition) is 3. The van der Waals surface area contributed by atoms with E-state index in [2.05, 4.69) is 21.2 Å². The van der Waals surface area contributed by atoms with Crippen LogP contribution in [0.15, 0.2) is 12.3 Å². The van der Waals surface area contributed by atoms with Gasteiger partial charge < -0.3 is 5.32 Å². The molecule has 1 aromatic heterocycles. The maximum absolute atomic E-state index is 4.36. The number of aromatic nitrogens is 2. The molecule has 2 aliphatic rings. The van der Waals surface area contributed by atoms with Crippen LogP contribution in [0.1, 0.15) is 12.8 Å². The van der Waals surface area contributed by atoms with Crippen molar-refractivity contribution in [1.82, 2.24) is 9.78 Å². The number of thioether (sulfide) groups is 1. The Bertz CT molecular complexity index is 315. The van der Waals surface area contributed by atoms with E-state index >= 15 is 0 Å². The van der Waals surface area contributed by atoms with Crippen LogP contribution in [0.2, 0.25) is 0 Å². The molecule has 1 saturated carbocycles. The molecule has 1 aliphatic carbocycles. The SMILES string of the molecule is c1cc(NC2CSC2)n(CC2CC2)n1. The second-order valence-electron chi connectivity index (χ2n) is 4.22. The minimum atomic E-state index is 0.676. The van der Waals surface area contributed by atoms with Gasteiger partial charge in [0.05, 0.1) is 6.20 Å². The van der Waals surface area contributed by atoms with Gasteiger partial charge in [-0.05, 0) is 18.8 Å².